The molecule has 1 fully saturated rings. The van der Waals surface area contributed by atoms with Crippen molar-refractivity contribution in [2.75, 3.05) is 27.7 Å². The van der Waals surface area contributed by atoms with Crippen LogP contribution in [0.1, 0.15) is 66.2 Å². The van der Waals surface area contributed by atoms with Gasteiger partial charge >= 0.3 is 5.97 Å². The number of phenolic OH excluding ortho intramolecular Hbond substituents is 1. The SMILES string of the molecule is CCOC(=O)c1c(CN(C)C)n(C)c2cc(C#N)c(O)c(CN(C)C3CCCCC3)c12.Cl.Cl. The monoisotopic (exact) mass is 498 g/mol. The number of phenols is 1. The van der Waals surface area contributed by atoms with Gasteiger partial charge in [0, 0.05) is 42.8 Å². The Labute approximate surface area is 209 Å². The van der Waals surface area contributed by atoms with Crippen LogP contribution in [-0.2, 0) is 24.9 Å². The Morgan fingerprint density at radius 3 is 2.39 bits per heavy atom. The highest BCUT2D eigenvalue weighted by Gasteiger charge is 2.29. The van der Waals surface area contributed by atoms with Crippen molar-refractivity contribution in [2.45, 2.75) is 58.2 Å². The summed E-state index contributed by atoms with van der Waals surface area (Å²) in [7, 11) is 7.86. The van der Waals surface area contributed by atoms with E-state index in [0.717, 1.165) is 24.1 Å². The number of nitriles is 1. The van der Waals surface area contributed by atoms with E-state index in [1.54, 1.807) is 13.0 Å². The van der Waals surface area contributed by atoms with Gasteiger partial charge in [0.1, 0.15) is 11.8 Å². The van der Waals surface area contributed by atoms with Crippen molar-refractivity contribution in [1.82, 2.24) is 14.4 Å². The molecule has 7 nitrogen and oxygen atoms in total. The number of aryl methyl sites for hydroxylation is 1. The maximum absolute atomic E-state index is 13.1. The number of esters is 1. The summed E-state index contributed by atoms with van der Waals surface area (Å²) in [6.07, 6.45) is 5.94. The summed E-state index contributed by atoms with van der Waals surface area (Å²) in [5.74, 6) is -0.430. The van der Waals surface area contributed by atoms with Gasteiger partial charge in [-0.3, -0.25) is 4.90 Å². The summed E-state index contributed by atoms with van der Waals surface area (Å²) in [5.41, 5.74) is 2.92. The lowest BCUT2D eigenvalue weighted by Gasteiger charge is -2.31. The van der Waals surface area contributed by atoms with E-state index >= 15 is 0 Å². The summed E-state index contributed by atoms with van der Waals surface area (Å²) in [6, 6.07) is 4.24. The fourth-order valence-corrected chi connectivity index (χ4v) is 4.76. The number of hydrogen-bond acceptors (Lipinski definition) is 6. The van der Waals surface area contributed by atoms with Crippen LogP contribution in [0.3, 0.4) is 0 Å². The van der Waals surface area contributed by atoms with Gasteiger partial charge in [-0.1, -0.05) is 19.3 Å². The Morgan fingerprint density at radius 2 is 1.85 bits per heavy atom. The number of carbonyl (C=O) groups excluding carboxylic acids is 1. The molecule has 0 amide bonds. The molecular formula is C24H36Cl2N4O3. The molecule has 1 aliphatic carbocycles. The van der Waals surface area contributed by atoms with Crippen LogP contribution in [0.2, 0.25) is 0 Å². The first-order chi connectivity index (χ1) is 14.8. The Hall–Kier alpha value is -1.98. The van der Waals surface area contributed by atoms with Crippen LogP contribution in [0, 0.1) is 11.3 Å². The number of rotatable bonds is 7. The van der Waals surface area contributed by atoms with Crippen molar-refractivity contribution in [3.05, 3.63) is 28.5 Å². The fourth-order valence-electron chi connectivity index (χ4n) is 4.76. The molecule has 1 heterocycles. The number of aromatic hydroxyl groups is 1. The van der Waals surface area contributed by atoms with E-state index in [0.29, 0.717) is 35.6 Å². The van der Waals surface area contributed by atoms with Crippen molar-refractivity contribution >= 4 is 41.7 Å². The largest absolute Gasteiger partial charge is 0.506 e. The van der Waals surface area contributed by atoms with E-state index < -0.39 is 5.97 Å². The van der Waals surface area contributed by atoms with Crippen LogP contribution in [0.15, 0.2) is 6.07 Å². The highest BCUT2D eigenvalue weighted by atomic mass is 35.5. The fraction of sp³-hybridized carbons (Fsp3) is 0.583. The van der Waals surface area contributed by atoms with Gasteiger partial charge in [0.25, 0.3) is 0 Å². The molecule has 0 atom stereocenters. The third kappa shape index (κ3) is 5.93. The van der Waals surface area contributed by atoms with E-state index in [1.165, 1.54) is 19.3 Å². The maximum Gasteiger partial charge on any atom is 0.340 e. The van der Waals surface area contributed by atoms with Crippen LogP contribution >= 0.6 is 24.8 Å². The van der Waals surface area contributed by atoms with Gasteiger partial charge in [-0.05, 0) is 47.0 Å². The van der Waals surface area contributed by atoms with Gasteiger partial charge in [-0.25, -0.2) is 4.79 Å². The molecule has 0 spiro atoms. The van der Waals surface area contributed by atoms with Gasteiger partial charge in [-0.2, -0.15) is 5.26 Å². The van der Waals surface area contributed by atoms with E-state index in [2.05, 4.69) is 18.0 Å². The third-order valence-electron chi connectivity index (χ3n) is 6.36. The van der Waals surface area contributed by atoms with E-state index in [-0.39, 0.29) is 42.7 Å². The summed E-state index contributed by atoms with van der Waals surface area (Å²) in [6.45, 7) is 3.08. The Kier molecular flexibility index (Phi) is 11.0. The van der Waals surface area contributed by atoms with Crippen LogP contribution in [0.5, 0.6) is 5.75 Å². The lowest BCUT2D eigenvalue weighted by molar-refractivity contribution is 0.0526. The quantitative estimate of drug-likeness (QED) is 0.561. The number of fused-ring (bicyclic) bond motifs is 1. The summed E-state index contributed by atoms with van der Waals surface area (Å²) < 4.78 is 7.36. The van der Waals surface area contributed by atoms with Gasteiger partial charge in [-0.15, -0.1) is 24.8 Å². The molecule has 184 valence electrons. The number of nitrogens with zero attached hydrogens (tertiary/aromatic N) is 4. The zero-order chi connectivity index (χ0) is 22.7. The second kappa shape index (κ2) is 12.5. The van der Waals surface area contributed by atoms with Gasteiger partial charge in [0.05, 0.1) is 23.3 Å². The summed E-state index contributed by atoms with van der Waals surface area (Å²) in [4.78, 5) is 17.3. The number of ether oxygens (including phenoxy) is 1. The molecule has 1 aromatic carbocycles. The topological polar surface area (TPSA) is 81.7 Å². The lowest BCUT2D eigenvalue weighted by Crippen LogP contribution is -2.33. The van der Waals surface area contributed by atoms with Crippen LogP contribution in [0.4, 0.5) is 0 Å². The molecule has 0 unspecified atom stereocenters. The Balaban J connectivity index is 0.00000272. The van der Waals surface area contributed by atoms with E-state index in [4.69, 9.17) is 4.74 Å². The average molecular weight is 499 g/mol. The first-order valence-corrected chi connectivity index (χ1v) is 11.1. The zero-order valence-corrected chi connectivity index (χ0v) is 21.8. The predicted octanol–water partition coefficient (Wildman–Crippen LogP) is 4.60. The van der Waals surface area contributed by atoms with Crippen LogP contribution < -0.4 is 0 Å². The molecule has 0 saturated heterocycles. The average Bonchev–Trinajstić information content (AvgIpc) is 3.01. The predicted molar refractivity (Wildman–Crippen MR) is 135 cm³/mol. The van der Waals surface area contributed by atoms with Crippen molar-refractivity contribution in [1.29, 1.82) is 5.26 Å². The third-order valence-corrected chi connectivity index (χ3v) is 6.36. The molecule has 1 N–H and O–H groups in total. The summed E-state index contributed by atoms with van der Waals surface area (Å²) >= 11 is 0. The minimum Gasteiger partial charge on any atom is -0.506 e. The normalized spacial score (nSPS) is 14.1. The zero-order valence-electron chi connectivity index (χ0n) is 20.2. The number of benzene rings is 1. The second-order valence-corrected chi connectivity index (χ2v) is 8.80. The maximum atomic E-state index is 13.1. The first kappa shape index (κ1) is 29.1. The molecule has 0 aliphatic heterocycles. The van der Waals surface area contributed by atoms with Crippen molar-refractivity contribution in [3.8, 4) is 11.8 Å². The van der Waals surface area contributed by atoms with Gasteiger partial charge in [0.2, 0.25) is 0 Å². The second-order valence-electron chi connectivity index (χ2n) is 8.80. The standard InChI is InChI=1S/C24H34N4O3.2ClH/c1-6-31-24(30)22-20(15-26(2)3)28(5)19-12-16(13-25)23(29)18(21(19)22)14-27(4)17-10-8-7-9-11-17;;/h12,17,29H,6-11,14-15H2,1-5H3;2*1H. The van der Waals surface area contributed by atoms with Crippen LogP contribution in [-0.4, -0.2) is 59.2 Å². The number of hydrogen-bond donors (Lipinski definition) is 1. The minimum atomic E-state index is -0.393. The first-order valence-electron chi connectivity index (χ1n) is 11.1. The number of halogens is 2. The van der Waals surface area contributed by atoms with E-state index in [9.17, 15) is 15.2 Å². The molecule has 1 aliphatic rings. The molecule has 0 radical (unpaired) electrons. The highest BCUT2D eigenvalue weighted by molar-refractivity contribution is 6.08. The molecule has 2 aromatic rings. The molecule has 33 heavy (non-hydrogen) atoms. The molecule has 3 rings (SSSR count). The van der Waals surface area contributed by atoms with Crippen molar-refractivity contribution < 1.29 is 14.6 Å². The molecule has 1 aromatic heterocycles. The molecule has 1 saturated carbocycles. The molecule has 0 bridgehead atoms. The highest BCUT2D eigenvalue weighted by Crippen LogP contribution is 2.38. The summed E-state index contributed by atoms with van der Waals surface area (Å²) in [5, 5.41) is 21.4. The Morgan fingerprint density at radius 1 is 1.21 bits per heavy atom. The van der Waals surface area contributed by atoms with Gasteiger partial charge in [0.15, 0.2) is 0 Å². The van der Waals surface area contributed by atoms with Crippen molar-refractivity contribution in [3.63, 3.8) is 0 Å². The van der Waals surface area contributed by atoms with Gasteiger partial charge < -0.3 is 19.3 Å². The molecule has 9 heteroatoms. The Bertz CT molecular complexity index is 1010. The smallest absolute Gasteiger partial charge is 0.340 e. The number of carbonyl (C=O) groups is 1. The van der Waals surface area contributed by atoms with Crippen LogP contribution in [0.25, 0.3) is 10.9 Å². The van der Waals surface area contributed by atoms with E-state index in [1.807, 2.05) is 30.6 Å². The number of aromatic nitrogens is 1. The minimum absolute atomic E-state index is 0. The van der Waals surface area contributed by atoms with Crippen molar-refractivity contribution in [2.24, 2.45) is 7.05 Å². The molecular weight excluding hydrogens is 463 g/mol. The lowest BCUT2D eigenvalue weighted by atomic mass is 9.93.